The van der Waals surface area contributed by atoms with Gasteiger partial charge < -0.3 is 30.9 Å². The molecule has 4 unspecified atom stereocenters. The van der Waals surface area contributed by atoms with E-state index in [0.29, 0.717) is 18.2 Å². The van der Waals surface area contributed by atoms with Gasteiger partial charge in [-0.2, -0.15) is 15.2 Å². The molecule has 3 aliphatic rings. The van der Waals surface area contributed by atoms with E-state index in [-0.39, 0.29) is 84.1 Å². The number of anilines is 3. The van der Waals surface area contributed by atoms with Crippen LogP contribution in [0, 0.1) is 23.0 Å². The summed E-state index contributed by atoms with van der Waals surface area (Å²) in [6.07, 6.45) is 3.31. The number of pyridine rings is 1. The van der Waals surface area contributed by atoms with Crippen LogP contribution >= 0.6 is 22.9 Å². The van der Waals surface area contributed by atoms with Crippen LogP contribution in [0.5, 0.6) is 11.8 Å². The Morgan fingerprint density at radius 1 is 1.21 bits per heavy atom. The van der Waals surface area contributed by atoms with Gasteiger partial charge in [0.25, 0.3) is 0 Å². The van der Waals surface area contributed by atoms with Crippen LogP contribution in [0.3, 0.4) is 0 Å². The van der Waals surface area contributed by atoms with E-state index in [1.54, 1.807) is 25.3 Å². The van der Waals surface area contributed by atoms with Crippen molar-refractivity contribution in [3.63, 3.8) is 0 Å². The molecule has 16 heteroatoms. The van der Waals surface area contributed by atoms with Gasteiger partial charge in [0.15, 0.2) is 11.6 Å². The second-order valence-electron chi connectivity index (χ2n) is 13.6. The minimum atomic E-state index is -0.858. The number of thiophene rings is 1. The predicted octanol–water partition coefficient (Wildman–Crippen LogP) is 7.17. The van der Waals surface area contributed by atoms with Gasteiger partial charge in [-0.15, -0.1) is 11.3 Å². The van der Waals surface area contributed by atoms with Crippen LogP contribution in [0.1, 0.15) is 56.7 Å². The van der Waals surface area contributed by atoms with Crippen LogP contribution in [0.15, 0.2) is 30.5 Å². The summed E-state index contributed by atoms with van der Waals surface area (Å²) >= 11 is 7.89. The molecule has 11 nitrogen and oxygen atoms in total. The summed E-state index contributed by atoms with van der Waals surface area (Å²) in [7, 11) is 1.35. The van der Waals surface area contributed by atoms with Gasteiger partial charge >= 0.3 is 6.01 Å². The van der Waals surface area contributed by atoms with E-state index >= 15 is 4.39 Å². The molecule has 0 spiro atoms. The minimum absolute atomic E-state index is 0.0115. The molecule has 5 atom stereocenters. The molecule has 0 radical (unpaired) electrons. The van der Waals surface area contributed by atoms with Crippen molar-refractivity contribution in [3.8, 4) is 29.0 Å². The van der Waals surface area contributed by atoms with Crippen molar-refractivity contribution in [1.29, 1.82) is 5.26 Å². The number of hydrogen-bond acceptors (Lipinski definition) is 12. The molecule has 53 heavy (non-hydrogen) atoms. The highest BCUT2D eigenvalue weighted by Gasteiger charge is 2.37. The number of aromatic nitrogens is 3. The SMILES string of the molecule is COc1nc2c3c(c(Cl)c(-c4ccc(F)c5sc(N)c(C#N)c45)c(F)c3n1)OC(C)CN2[C@H](CC(C)O)c1cccnc1N.FC1CC2CCCN2C1. The van der Waals surface area contributed by atoms with Gasteiger partial charge in [-0.3, -0.25) is 4.90 Å². The Hall–Kier alpha value is -4.62. The zero-order valence-electron chi connectivity index (χ0n) is 29.2. The number of nitrogens with two attached hydrogens (primary N) is 2. The fraction of sp³-hybridized carbons (Fsp3) is 0.405. The Balaban J connectivity index is 0.000000418. The van der Waals surface area contributed by atoms with Gasteiger partial charge in [0.1, 0.15) is 46.3 Å². The molecule has 8 rings (SSSR count). The molecule has 3 aliphatic heterocycles. The molecular formula is C37H38ClF3N8O3S. The molecule has 0 saturated carbocycles. The summed E-state index contributed by atoms with van der Waals surface area (Å²) in [6, 6.07) is 7.98. The molecular weight excluding hydrogens is 729 g/mol. The first-order valence-corrected chi connectivity index (χ1v) is 18.5. The van der Waals surface area contributed by atoms with Gasteiger partial charge in [-0.25, -0.2) is 18.2 Å². The van der Waals surface area contributed by atoms with Gasteiger partial charge in [-0.1, -0.05) is 23.7 Å². The van der Waals surface area contributed by atoms with E-state index in [9.17, 15) is 19.1 Å². The van der Waals surface area contributed by atoms with Crippen molar-refractivity contribution >= 4 is 60.6 Å². The summed E-state index contributed by atoms with van der Waals surface area (Å²) in [4.78, 5) is 17.4. The first-order valence-electron chi connectivity index (χ1n) is 17.3. The molecule has 5 N–H and O–H groups in total. The van der Waals surface area contributed by atoms with Crippen LogP contribution in [0.4, 0.5) is 29.8 Å². The third-order valence-electron chi connectivity index (χ3n) is 10.00. The number of benzene rings is 2. The lowest BCUT2D eigenvalue weighted by Crippen LogP contribution is -2.38. The van der Waals surface area contributed by atoms with Gasteiger partial charge in [0.2, 0.25) is 0 Å². The summed E-state index contributed by atoms with van der Waals surface area (Å²) in [6.45, 7) is 5.55. The Labute approximate surface area is 312 Å². The average molecular weight is 767 g/mol. The van der Waals surface area contributed by atoms with E-state index in [2.05, 4.69) is 19.9 Å². The highest BCUT2D eigenvalue weighted by Crippen LogP contribution is 2.52. The lowest BCUT2D eigenvalue weighted by molar-refractivity contribution is 0.169. The zero-order valence-corrected chi connectivity index (χ0v) is 30.8. The number of hydrogen-bond donors (Lipinski definition) is 3. The van der Waals surface area contributed by atoms with Crippen molar-refractivity contribution in [2.75, 3.05) is 43.1 Å². The topological polar surface area (TPSA) is 160 Å². The zero-order chi connectivity index (χ0) is 37.7. The largest absolute Gasteiger partial charge is 0.486 e. The molecule has 2 saturated heterocycles. The molecule has 278 valence electrons. The smallest absolute Gasteiger partial charge is 0.318 e. The van der Waals surface area contributed by atoms with Crippen molar-refractivity contribution in [3.05, 3.63) is 58.2 Å². The fourth-order valence-corrected chi connectivity index (χ4v) is 9.02. The van der Waals surface area contributed by atoms with Crippen LogP contribution in [-0.4, -0.2) is 76.1 Å². The Kier molecular flexibility index (Phi) is 10.2. The maximum Gasteiger partial charge on any atom is 0.318 e. The lowest BCUT2D eigenvalue weighted by Gasteiger charge is -2.34. The third kappa shape index (κ3) is 6.62. The molecule has 0 aliphatic carbocycles. The number of alkyl halides is 1. The van der Waals surface area contributed by atoms with E-state index in [1.165, 1.54) is 32.1 Å². The van der Waals surface area contributed by atoms with Crippen molar-refractivity contribution in [1.82, 2.24) is 19.9 Å². The maximum absolute atomic E-state index is 16.9. The molecule has 2 aromatic carbocycles. The molecule has 0 amide bonds. The Morgan fingerprint density at radius 2 is 2.00 bits per heavy atom. The van der Waals surface area contributed by atoms with Crippen molar-refractivity contribution in [2.24, 2.45) is 0 Å². The van der Waals surface area contributed by atoms with Crippen LogP contribution in [0.2, 0.25) is 5.02 Å². The Bertz CT molecular complexity index is 2240. The number of aliphatic hydroxyl groups is 1. The number of aliphatic hydroxyl groups excluding tert-OH is 1. The number of nitriles is 1. The van der Waals surface area contributed by atoms with Crippen LogP contribution < -0.4 is 25.8 Å². The van der Waals surface area contributed by atoms with E-state index in [0.717, 1.165) is 24.3 Å². The van der Waals surface area contributed by atoms with E-state index in [1.807, 2.05) is 17.9 Å². The maximum atomic E-state index is 16.9. The summed E-state index contributed by atoms with van der Waals surface area (Å²) in [5, 5.41) is 20.6. The molecule has 2 fully saturated rings. The van der Waals surface area contributed by atoms with Crippen molar-refractivity contribution < 1.29 is 27.8 Å². The second-order valence-corrected chi connectivity index (χ2v) is 15.1. The van der Waals surface area contributed by atoms with Gasteiger partial charge in [0.05, 0.1) is 46.5 Å². The highest BCUT2D eigenvalue weighted by molar-refractivity contribution is 7.23. The van der Waals surface area contributed by atoms with Gasteiger partial charge in [0, 0.05) is 35.3 Å². The molecule has 3 aromatic heterocycles. The summed E-state index contributed by atoms with van der Waals surface area (Å²) in [5.41, 5.74) is 12.8. The minimum Gasteiger partial charge on any atom is -0.486 e. The predicted molar refractivity (Wildman–Crippen MR) is 200 cm³/mol. The summed E-state index contributed by atoms with van der Waals surface area (Å²) < 4.78 is 56.2. The number of fused-ring (bicyclic) bond motifs is 2. The second kappa shape index (κ2) is 14.7. The number of methoxy groups -OCH3 is 1. The number of nitrogens with zero attached hydrogens (tertiary/aromatic N) is 6. The fourth-order valence-electron chi connectivity index (χ4n) is 7.75. The number of ether oxygens (including phenoxy) is 2. The standard InChI is InChI=1S/C30H26ClF2N7O3S.C7H12FN/c1-12(41)9-18(14-5-4-8-37-27(14)35)40-11-13(2)43-25-21-24(38-30(42-3)39-29(21)40)23(33)20(22(25)31)15-6-7-17(32)26-19(15)16(10-34)28(36)44-26;8-6-4-7-2-1-3-9(7)5-6/h4-8,12-13,18,41H,9,11,36H2,1-3H3,(H2,35,37);6-7H,1-5H2/t12?,13?,18-;/m1./s1. The van der Waals surface area contributed by atoms with E-state index < -0.39 is 36.1 Å². The molecule has 5 aromatic rings. The van der Waals surface area contributed by atoms with Crippen molar-refractivity contribution in [2.45, 2.75) is 70.0 Å². The lowest BCUT2D eigenvalue weighted by atomic mass is 9.96. The number of nitrogen functional groups attached to an aromatic ring is 2. The molecule has 0 bridgehead atoms. The van der Waals surface area contributed by atoms with E-state index in [4.69, 9.17) is 32.5 Å². The van der Waals surface area contributed by atoms with Crippen LogP contribution in [-0.2, 0) is 0 Å². The normalized spacial score (nSPS) is 20.7. The summed E-state index contributed by atoms with van der Waals surface area (Å²) in [5.74, 6) is -0.864. The third-order valence-corrected chi connectivity index (χ3v) is 11.4. The quantitative estimate of drug-likeness (QED) is 0.161. The highest BCUT2D eigenvalue weighted by atomic mass is 35.5. The first-order chi connectivity index (χ1) is 25.4. The average Bonchev–Trinajstić information content (AvgIpc) is 3.79. The molecule has 6 heterocycles. The number of halogens is 4. The monoisotopic (exact) mass is 766 g/mol. The number of rotatable bonds is 6. The Morgan fingerprint density at radius 3 is 2.70 bits per heavy atom. The van der Waals surface area contributed by atoms with Gasteiger partial charge in [-0.05, 0) is 63.8 Å². The van der Waals surface area contributed by atoms with Crippen LogP contribution in [0.25, 0.3) is 32.1 Å². The first kappa shape index (κ1) is 36.7.